The Bertz CT molecular complexity index is 664. The first-order valence-electron chi connectivity index (χ1n) is 8.43. The number of carbonyl (C=O) groups is 1. The number of nitrogens with one attached hydrogen (secondary N) is 1. The van der Waals surface area contributed by atoms with E-state index < -0.39 is 0 Å². The number of alkyl carbamates (subject to hydrolysis) is 1. The van der Waals surface area contributed by atoms with Gasteiger partial charge in [-0.3, -0.25) is 0 Å². The van der Waals surface area contributed by atoms with Gasteiger partial charge in [-0.1, -0.05) is 77.7 Å². The van der Waals surface area contributed by atoms with Crippen LogP contribution in [0.25, 0.3) is 0 Å². The molecule has 4 heteroatoms. The highest BCUT2D eigenvalue weighted by Crippen LogP contribution is 2.37. The van der Waals surface area contributed by atoms with Crippen molar-refractivity contribution in [3.8, 4) is 0 Å². The maximum Gasteiger partial charge on any atom is 0.408 e. The fourth-order valence-electron chi connectivity index (χ4n) is 3.36. The summed E-state index contributed by atoms with van der Waals surface area (Å²) in [7, 11) is 0. The summed E-state index contributed by atoms with van der Waals surface area (Å²) < 4.78 is 6.49. The summed E-state index contributed by atoms with van der Waals surface area (Å²) in [6, 6.07) is 18.0. The number of hydrogen-bond donors (Lipinski definition) is 1. The van der Waals surface area contributed by atoms with Crippen LogP contribution in [0, 0.1) is 0 Å². The molecule has 0 radical (unpaired) electrons. The van der Waals surface area contributed by atoms with Crippen LogP contribution >= 0.6 is 15.9 Å². The zero-order valence-electron chi connectivity index (χ0n) is 13.6. The molecule has 0 spiro atoms. The Hall–Kier alpha value is -1.81. The van der Waals surface area contributed by atoms with Crippen molar-refractivity contribution in [1.82, 2.24) is 5.32 Å². The van der Waals surface area contributed by atoms with Crippen molar-refractivity contribution in [2.75, 3.05) is 0 Å². The quantitative estimate of drug-likeness (QED) is 0.748. The molecule has 1 aliphatic carbocycles. The van der Waals surface area contributed by atoms with Gasteiger partial charge in [0.25, 0.3) is 0 Å². The lowest BCUT2D eigenvalue weighted by atomic mass is 9.76. The van der Waals surface area contributed by atoms with Gasteiger partial charge in [-0.05, 0) is 36.1 Å². The third-order valence-corrected chi connectivity index (χ3v) is 5.19. The fourth-order valence-corrected chi connectivity index (χ4v) is 3.63. The van der Waals surface area contributed by atoms with Crippen LogP contribution in [-0.2, 0) is 16.9 Å². The van der Waals surface area contributed by atoms with E-state index in [1.54, 1.807) is 0 Å². The Morgan fingerprint density at radius 1 is 1.00 bits per heavy atom. The summed E-state index contributed by atoms with van der Waals surface area (Å²) in [6.45, 7) is 0.295. The molecule has 2 aromatic carbocycles. The van der Waals surface area contributed by atoms with E-state index in [1.165, 1.54) is 6.42 Å². The molecule has 3 rings (SSSR count). The molecule has 126 valence electrons. The third-order valence-electron chi connectivity index (χ3n) is 4.66. The maximum atomic E-state index is 12.4. The van der Waals surface area contributed by atoms with Crippen LogP contribution in [0.4, 0.5) is 4.79 Å². The summed E-state index contributed by atoms with van der Waals surface area (Å²) in [5.41, 5.74) is 1.84. The second kappa shape index (κ2) is 7.84. The Labute approximate surface area is 151 Å². The molecule has 3 nitrogen and oxygen atoms in total. The Morgan fingerprint density at radius 2 is 1.67 bits per heavy atom. The van der Waals surface area contributed by atoms with Gasteiger partial charge in [0, 0.05) is 4.47 Å². The van der Waals surface area contributed by atoms with E-state index in [9.17, 15) is 4.79 Å². The summed E-state index contributed by atoms with van der Waals surface area (Å²) in [4.78, 5) is 12.4. The van der Waals surface area contributed by atoms with Gasteiger partial charge in [-0.2, -0.15) is 0 Å². The molecule has 1 saturated carbocycles. The first-order valence-corrected chi connectivity index (χ1v) is 9.22. The molecular formula is C20H22BrNO2. The predicted octanol–water partition coefficient (Wildman–Crippen LogP) is 5.53. The Balaban J connectivity index is 1.70. The van der Waals surface area contributed by atoms with Crippen LogP contribution in [0.1, 0.15) is 43.2 Å². The second-order valence-electron chi connectivity index (χ2n) is 6.34. The lowest BCUT2D eigenvalue weighted by Crippen LogP contribution is -2.47. The molecule has 1 N–H and O–H groups in total. The molecule has 0 aromatic heterocycles. The topological polar surface area (TPSA) is 38.3 Å². The average Bonchev–Trinajstić information content (AvgIpc) is 2.62. The van der Waals surface area contributed by atoms with E-state index in [2.05, 4.69) is 33.4 Å². The molecule has 1 amide bonds. The van der Waals surface area contributed by atoms with Gasteiger partial charge in [-0.25, -0.2) is 4.79 Å². The zero-order chi connectivity index (χ0) is 16.8. The number of rotatable bonds is 4. The van der Waals surface area contributed by atoms with E-state index in [0.717, 1.165) is 41.3 Å². The van der Waals surface area contributed by atoms with Crippen molar-refractivity contribution >= 4 is 22.0 Å². The maximum absolute atomic E-state index is 12.4. The molecule has 0 unspecified atom stereocenters. The van der Waals surface area contributed by atoms with Crippen molar-refractivity contribution in [3.05, 3.63) is 70.2 Å². The van der Waals surface area contributed by atoms with E-state index in [0.29, 0.717) is 6.61 Å². The normalized spacial score (nSPS) is 16.4. The zero-order valence-corrected chi connectivity index (χ0v) is 15.2. The Kier molecular flexibility index (Phi) is 5.56. The van der Waals surface area contributed by atoms with Gasteiger partial charge in [0.15, 0.2) is 0 Å². The van der Waals surface area contributed by atoms with Crippen molar-refractivity contribution in [2.24, 2.45) is 0 Å². The lowest BCUT2D eigenvalue weighted by Gasteiger charge is -2.38. The van der Waals surface area contributed by atoms with Crippen molar-refractivity contribution in [1.29, 1.82) is 0 Å². The van der Waals surface area contributed by atoms with Crippen molar-refractivity contribution in [3.63, 3.8) is 0 Å². The van der Waals surface area contributed by atoms with Crippen LogP contribution in [0.15, 0.2) is 59.1 Å². The number of amides is 1. The molecule has 0 bridgehead atoms. The fraction of sp³-hybridized carbons (Fsp3) is 0.350. The summed E-state index contributed by atoms with van der Waals surface area (Å²) in [5.74, 6) is 0. The van der Waals surface area contributed by atoms with Gasteiger partial charge in [0.05, 0.1) is 5.54 Å². The highest BCUT2D eigenvalue weighted by Gasteiger charge is 2.35. The molecular weight excluding hydrogens is 366 g/mol. The molecule has 0 atom stereocenters. The Morgan fingerprint density at radius 3 is 2.33 bits per heavy atom. The number of benzene rings is 2. The van der Waals surface area contributed by atoms with Gasteiger partial charge in [-0.15, -0.1) is 0 Å². The van der Waals surface area contributed by atoms with Crippen LogP contribution in [0.2, 0.25) is 0 Å². The SMILES string of the molecule is O=C(NC1(c2ccc(Br)cc2)CCCCC1)OCc1ccccc1. The number of ether oxygens (including phenoxy) is 1. The standard InChI is InChI=1S/C20H22BrNO2/c21-18-11-9-17(10-12-18)20(13-5-2-6-14-20)22-19(23)24-15-16-7-3-1-4-8-16/h1,3-4,7-12H,2,5-6,13-15H2,(H,22,23). The summed E-state index contributed by atoms with van der Waals surface area (Å²) in [5, 5.41) is 3.16. The summed E-state index contributed by atoms with van der Waals surface area (Å²) >= 11 is 3.48. The largest absolute Gasteiger partial charge is 0.445 e. The predicted molar refractivity (Wildman–Crippen MR) is 98.7 cm³/mol. The minimum atomic E-state index is -0.344. The van der Waals surface area contributed by atoms with E-state index in [1.807, 2.05) is 42.5 Å². The lowest BCUT2D eigenvalue weighted by molar-refractivity contribution is 0.117. The molecule has 0 saturated heterocycles. The molecule has 1 fully saturated rings. The van der Waals surface area contributed by atoms with Gasteiger partial charge >= 0.3 is 6.09 Å². The van der Waals surface area contributed by atoms with Crippen LogP contribution in [0.5, 0.6) is 0 Å². The molecule has 0 aliphatic heterocycles. The van der Waals surface area contributed by atoms with E-state index in [4.69, 9.17) is 4.74 Å². The highest BCUT2D eigenvalue weighted by molar-refractivity contribution is 9.10. The van der Waals surface area contributed by atoms with Crippen molar-refractivity contribution < 1.29 is 9.53 Å². The third kappa shape index (κ3) is 4.18. The number of carbonyl (C=O) groups excluding carboxylic acids is 1. The van der Waals surface area contributed by atoms with Crippen LogP contribution in [-0.4, -0.2) is 6.09 Å². The summed E-state index contributed by atoms with van der Waals surface area (Å²) in [6.07, 6.45) is 5.02. The van der Waals surface area contributed by atoms with E-state index >= 15 is 0 Å². The minimum absolute atomic E-state index is 0.295. The van der Waals surface area contributed by atoms with Gasteiger partial charge < -0.3 is 10.1 Å². The highest BCUT2D eigenvalue weighted by atomic mass is 79.9. The average molecular weight is 388 g/mol. The monoisotopic (exact) mass is 387 g/mol. The second-order valence-corrected chi connectivity index (χ2v) is 7.25. The number of halogens is 1. The minimum Gasteiger partial charge on any atom is -0.445 e. The smallest absolute Gasteiger partial charge is 0.408 e. The number of hydrogen-bond acceptors (Lipinski definition) is 2. The molecule has 2 aromatic rings. The first kappa shape index (κ1) is 17.0. The molecule has 1 aliphatic rings. The molecule has 0 heterocycles. The van der Waals surface area contributed by atoms with Gasteiger partial charge in [0.1, 0.15) is 6.61 Å². The van der Waals surface area contributed by atoms with Gasteiger partial charge in [0.2, 0.25) is 0 Å². The van der Waals surface area contributed by atoms with E-state index in [-0.39, 0.29) is 11.6 Å². The van der Waals surface area contributed by atoms with Crippen LogP contribution in [0.3, 0.4) is 0 Å². The van der Waals surface area contributed by atoms with Crippen molar-refractivity contribution in [2.45, 2.75) is 44.2 Å². The molecule has 24 heavy (non-hydrogen) atoms. The first-order chi connectivity index (χ1) is 11.7. The van der Waals surface area contributed by atoms with Crippen LogP contribution < -0.4 is 5.32 Å².